The SMILES string of the molecule is NCc1cc(F)ccc1CN1CCN(CCO)CC1. The van der Waals surface area contributed by atoms with Crippen molar-refractivity contribution in [1.29, 1.82) is 0 Å². The van der Waals surface area contributed by atoms with E-state index < -0.39 is 0 Å². The Morgan fingerprint density at radius 1 is 1.11 bits per heavy atom. The Kier molecular flexibility index (Phi) is 5.27. The van der Waals surface area contributed by atoms with Gasteiger partial charge in [0.15, 0.2) is 0 Å². The van der Waals surface area contributed by atoms with Crippen molar-refractivity contribution in [2.75, 3.05) is 39.3 Å². The van der Waals surface area contributed by atoms with Crippen molar-refractivity contribution in [2.24, 2.45) is 5.73 Å². The number of aliphatic hydroxyl groups excluding tert-OH is 1. The Bertz CT molecular complexity index is 406. The number of nitrogens with two attached hydrogens (primary N) is 1. The molecule has 2 rings (SSSR count). The highest BCUT2D eigenvalue weighted by molar-refractivity contribution is 5.27. The summed E-state index contributed by atoms with van der Waals surface area (Å²) in [6.45, 7) is 6.05. The number of nitrogens with zero attached hydrogens (tertiary/aromatic N) is 2. The Morgan fingerprint density at radius 3 is 2.42 bits per heavy atom. The van der Waals surface area contributed by atoms with E-state index in [1.165, 1.54) is 12.1 Å². The molecule has 4 nitrogen and oxygen atoms in total. The second-order valence-electron chi connectivity index (χ2n) is 4.96. The lowest BCUT2D eigenvalue weighted by Gasteiger charge is -2.34. The third-order valence-electron chi connectivity index (χ3n) is 3.66. The summed E-state index contributed by atoms with van der Waals surface area (Å²) in [7, 11) is 0. The third-order valence-corrected chi connectivity index (χ3v) is 3.66. The zero-order valence-corrected chi connectivity index (χ0v) is 11.2. The van der Waals surface area contributed by atoms with E-state index in [4.69, 9.17) is 10.8 Å². The molecule has 0 amide bonds. The van der Waals surface area contributed by atoms with Crippen LogP contribution in [0.2, 0.25) is 0 Å². The molecular weight excluding hydrogens is 245 g/mol. The lowest BCUT2D eigenvalue weighted by molar-refractivity contribution is 0.108. The van der Waals surface area contributed by atoms with Gasteiger partial charge >= 0.3 is 0 Å². The van der Waals surface area contributed by atoms with Gasteiger partial charge in [-0.3, -0.25) is 9.80 Å². The molecule has 5 heteroatoms. The van der Waals surface area contributed by atoms with Crippen LogP contribution in [-0.2, 0) is 13.1 Å². The Labute approximate surface area is 113 Å². The molecule has 0 aromatic heterocycles. The number of piperazine rings is 1. The van der Waals surface area contributed by atoms with Gasteiger partial charge in [-0.15, -0.1) is 0 Å². The van der Waals surface area contributed by atoms with Gasteiger partial charge < -0.3 is 10.8 Å². The highest BCUT2D eigenvalue weighted by atomic mass is 19.1. The fraction of sp³-hybridized carbons (Fsp3) is 0.571. The Morgan fingerprint density at radius 2 is 1.79 bits per heavy atom. The highest BCUT2D eigenvalue weighted by Crippen LogP contribution is 2.14. The molecule has 1 aliphatic heterocycles. The van der Waals surface area contributed by atoms with E-state index in [1.807, 2.05) is 6.07 Å². The molecule has 0 bridgehead atoms. The van der Waals surface area contributed by atoms with Crippen molar-refractivity contribution in [1.82, 2.24) is 9.80 Å². The lowest BCUT2D eigenvalue weighted by Crippen LogP contribution is -2.46. The van der Waals surface area contributed by atoms with Crippen LogP contribution in [0.5, 0.6) is 0 Å². The van der Waals surface area contributed by atoms with Crippen LogP contribution in [0.1, 0.15) is 11.1 Å². The first-order valence-electron chi connectivity index (χ1n) is 6.76. The van der Waals surface area contributed by atoms with E-state index in [1.54, 1.807) is 0 Å². The first kappa shape index (κ1) is 14.4. The molecule has 1 fully saturated rings. The molecule has 0 atom stereocenters. The largest absolute Gasteiger partial charge is 0.395 e. The molecule has 19 heavy (non-hydrogen) atoms. The third kappa shape index (κ3) is 3.98. The van der Waals surface area contributed by atoms with Crippen LogP contribution in [0.15, 0.2) is 18.2 Å². The number of β-amino-alcohol motifs (C(OH)–C–C–N with tert-alkyl or cyclic N) is 1. The summed E-state index contributed by atoms with van der Waals surface area (Å²) < 4.78 is 13.1. The Balaban J connectivity index is 1.92. The smallest absolute Gasteiger partial charge is 0.123 e. The minimum absolute atomic E-state index is 0.218. The monoisotopic (exact) mass is 267 g/mol. The van der Waals surface area contributed by atoms with Gasteiger partial charge in [0, 0.05) is 45.8 Å². The van der Waals surface area contributed by atoms with Crippen molar-refractivity contribution < 1.29 is 9.50 Å². The van der Waals surface area contributed by atoms with Gasteiger partial charge in [0.1, 0.15) is 5.82 Å². The zero-order chi connectivity index (χ0) is 13.7. The molecule has 0 aliphatic carbocycles. The number of halogens is 1. The van der Waals surface area contributed by atoms with Crippen molar-refractivity contribution in [2.45, 2.75) is 13.1 Å². The van der Waals surface area contributed by atoms with E-state index >= 15 is 0 Å². The molecule has 1 saturated heterocycles. The number of hydrogen-bond donors (Lipinski definition) is 2. The minimum Gasteiger partial charge on any atom is -0.395 e. The number of benzene rings is 1. The van der Waals surface area contributed by atoms with E-state index in [2.05, 4.69) is 9.80 Å². The fourth-order valence-electron chi connectivity index (χ4n) is 2.49. The molecule has 1 aromatic rings. The summed E-state index contributed by atoms with van der Waals surface area (Å²) in [6, 6.07) is 4.85. The number of hydrogen-bond acceptors (Lipinski definition) is 4. The molecular formula is C14H22FN3O. The van der Waals surface area contributed by atoms with Gasteiger partial charge in [-0.25, -0.2) is 4.39 Å². The van der Waals surface area contributed by atoms with Crippen LogP contribution in [0, 0.1) is 5.82 Å². The zero-order valence-electron chi connectivity index (χ0n) is 11.2. The van der Waals surface area contributed by atoms with Gasteiger partial charge in [-0.05, 0) is 23.3 Å². The Hall–Kier alpha value is -1.01. The number of rotatable bonds is 5. The van der Waals surface area contributed by atoms with E-state index in [0.717, 1.165) is 50.4 Å². The first-order valence-corrected chi connectivity index (χ1v) is 6.76. The normalized spacial score (nSPS) is 17.8. The van der Waals surface area contributed by atoms with Crippen molar-refractivity contribution in [3.8, 4) is 0 Å². The second-order valence-corrected chi connectivity index (χ2v) is 4.96. The summed E-state index contributed by atoms with van der Waals surface area (Å²) in [5.74, 6) is -0.225. The standard InChI is InChI=1S/C14H22FN3O/c15-14-2-1-12(13(9-14)10-16)11-18-5-3-17(4-6-18)7-8-19/h1-2,9,19H,3-8,10-11,16H2. The van der Waals surface area contributed by atoms with E-state index in [-0.39, 0.29) is 12.4 Å². The van der Waals surface area contributed by atoms with Crippen molar-refractivity contribution in [3.05, 3.63) is 35.1 Å². The molecule has 3 N–H and O–H groups in total. The van der Waals surface area contributed by atoms with E-state index in [0.29, 0.717) is 6.54 Å². The topological polar surface area (TPSA) is 52.7 Å². The molecule has 1 aliphatic rings. The van der Waals surface area contributed by atoms with E-state index in [9.17, 15) is 4.39 Å². The molecule has 106 valence electrons. The fourth-order valence-corrected chi connectivity index (χ4v) is 2.49. The number of aliphatic hydroxyl groups is 1. The highest BCUT2D eigenvalue weighted by Gasteiger charge is 2.17. The molecule has 1 aromatic carbocycles. The van der Waals surface area contributed by atoms with Gasteiger partial charge in [0.25, 0.3) is 0 Å². The quantitative estimate of drug-likeness (QED) is 0.810. The summed E-state index contributed by atoms with van der Waals surface area (Å²) in [6.07, 6.45) is 0. The van der Waals surface area contributed by atoms with Crippen molar-refractivity contribution in [3.63, 3.8) is 0 Å². The lowest BCUT2D eigenvalue weighted by atomic mass is 10.1. The summed E-state index contributed by atoms with van der Waals surface area (Å²) in [5, 5.41) is 8.91. The maximum atomic E-state index is 13.1. The first-order chi connectivity index (χ1) is 9.22. The predicted molar refractivity (Wildman–Crippen MR) is 73.1 cm³/mol. The molecule has 0 radical (unpaired) electrons. The average Bonchev–Trinajstić information content (AvgIpc) is 2.43. The molecule has 1 heterocycles. The van der Waals surface area contributed by atoms with Crippen LogP contribution >= 0.6 is 0 Å². The van der Waals surface area contributed by atoms with Gasteiger partial charge in [-0.2, -0.15) is 0 Å². The van der Waals surface area contributed by atoms with Crippen LogP contribution in [0.4, 0.5) is 4.39 Å². The summed E-state index contributed by atoms with van der Waals surface area (Å²) >= 11 is 0. The van der Waals surface area contributed by atoms with Crippen LogP contribution in [0.25, 0.3) is 0 Å². The maximum Gasteiger partial charge on any atom is 0.123 e. The molecule has 0 spiro atoms. The van der Waals surface area contributed by atoms with Gasteiger partial charge in [0.05, 0.1) is 6.61 Å². The minimum atomic E-state index is -0.225. The summed E-state index contributed by atoms with van der Waals surface area (Å²) in [5.41, 5.74) is 7.66. The average molecular weight is 267 g/mol. The summed E-state index contributed by atoms with van der Waals surface area (Å²) in [4.78, 5) is 4.60. The van der Waals surface area contributed by atoms with Crippen LogP contribution in [-0.4, -0.2) is 54.2 Å². The second kappa shape index (κ2) is 6.96. The molecule has 0 unspecified atom stereocenters. The van der Waals surface area contributed by atoms with Crippen LogP contribution < -0.4 is 5.73 Å². The van der Waals surface area contributed by atoms with Crippen LogP contribution in [0.3, 0.4) is 0 Å². The van der Waals surface area contributed by atoms with Crippen molar-refractivity contribution >= 4 is 0 Å². The van der Waals surface area contributed by atoms with Gasteiger partial charge in [-0.1, -0.05) is 6.07 Å². The predicted octanol–water partition coefficient (Wildman–Crippen LogP) is 0.394. The molecule has 0 saturated carbocycles. The van der Waals surface area contributed by atoms with Gasteiger partial charge in [0.2, 0.25) is 0 Å². The maximum absolute atomic E-state index is 13.1.